The van der Waals surface area contributed by atoms with Crippen LogP contribution in [0.2, 0.25) is 0 Å². The second kappa shape index (κ2) is 9.60. The van der Waals surface area contributed by atoms with E-state index < -0.39 is 24.0 Å². The molecule has 6 heteroatoms. The number of aliphatic carboxylic acids is 1. The molecule has 162 valence electrons. The Hall–Kier alpha value is -3.41. The van der Waals surface area contributed by atoms with Crippen LogP contribution in [0.4, 0.5) is 0 Å². The van der Waals surface area contributed by atoms with E-state index in [0.717, 1.165) is 27.1 Å². The molecule has 0 saturated heterocycles. The Bertz CT molecular complexity index is 1070. The fourth-order valence-corrected chi connectivity index (χ4v) is 3.95. The molecule has 0 aliphatic carbocycles. The molecule has 2 atom stereocenters. The summed E-state index contributed by atoms with van der Waals surface area (Å²) in [7, 11) is 0. The van der Waals surface area contributed by atoms with Crippen molar-refractivity contribution in [1.82, 2.24) is 10.6 Å². The van der Waals surface area contributed by atoms with Crippen molar-refractivity contribution >= 4 is 39.3 Å². The quantitative estimate of drug-likeness (QED) is 0.485. The molecular formula is C25H28N2O4. The van der Waals surface area contributed by atoms with Crippen molar-refractivity contribution in [3.8, 4) is 0 Å². The molecule has 0 spiro atoms. The zero-order chi connectivity index (χ0) is 22.5. The third-order valence-corrected chi connectivity index (χ3v) is 5.31. The van der Waals surface area contributed by atoms with Gasteiger partial charge in [-0.25, -0.2) is 4.79 Å². The predicted octanol–water partition coefficient (Wildman–Crippen LogP) is 3.66. The highest BCUT2D eigenvalue weighted by atomic mass is 16.4. The van der Waals surface area contributed by atoms with E-state index in [4.69, 9.17) is 0 Å². The molecular weight excluding hydrogens is 392 g/mol. The van der Waals surface area contributed by atoms with Gasteiger partial charge in [-0.2, -0.15) is 0 Å². The average Bonchev–Trinajstić information content (AvgIpc) is 2.71. The Morgan fingerprint density at radius 3 is 1.90 bits per heavy atom. The lowest BCUT2D eigenvalue weighted by atomic mass is 9.92. The van der Waals surface area contributed by atoms with Crippen LogP contribution in [0.1, 0.15) is 32.8 Å². The molecule has 3 N–H and O–H groups in total. The van der Waals surface area contributed by atoms with Crippen LogP contribution in [-0.2, 0) is 20.8 Å². The molecule has 0 aromatic heterocycles. The summed E-state index contributed by atoms with van der Waals surface area (Å²) in [5.74, 6) is -1.77. The number of benzene rings is 3. The lowest BCUT2D eigenvalue weighted by Crippen LogP contribution is -2.52. The van der Waals surface area contributed by atoms with Crippen molar-refractivity contribution in [3.05, 3.63) is 60.2 Å². The van der Waals surface area contributed by atoms with Crippen molar-refractivity contribution in [1.29, 1.82) is 0 Å². The SMILES string of the molecule is CC(=O)N[C@@H](CC(C)C)C(=O)N[C@@H](Cc1c2ccccc2cc2ccccc12)C(=O)O. The van der Waals surface area contributed by atoms with E-state index in [1.165, 1.54) is 6.92 Å². The first-order chi connectivity index (χ1) is 14.8. The highest BCUT2D eigenvalue weighted by Crippen LogP contribution is 2.29. The van der Waals surface area contributed by atoms with Gasteiger partial charge in [-0.05, 0) is 45.5 Å². The minimum Gasteiger partial charge on any atom is -0.480 e. The molecule has 0 unspecified atom stereocenters. The second-order valence-corrected chi connectivity index (χ2v) is 8.28. The fraction of sp³-hybridized carbons (Fsp3) is 0.320. The van der Waals surface area contributed by atoms with Gasteiger partial charge in [-0.15, -0.1) is 0 Å². The number of amides is 2. The summed E-state index contributed by atoms with van der Waals surface area (Å²) in [4.78, 5) is 36.5. The lowest BCUT2D eigenvalue weighted by Gasteiger charge is -2.23. The van der Waals surface area contributed by atoms with Crippen LogP contribution in [0.3, 0.4) is 0 Å². The van der Waals surface area contributed by atoms with Gasteiger partial charge < -0.3 is 15.7 Å². The molecule has 31 heavy (non-hydrogen) atoms. The van der Waals surface area contributed by atoms with E-state index in [-0.39, 0.29) is 18.2 Å². The first-order valence-electron chi connectivity index (χ1n) is 10.5. The standard InChI is InChI=1S/C25H28N2O4/c1-15(2)12-22(26-16(3)28)24(29)27-23(25(30)31)14-21-19-10-6-4-8-17(19)13-18-9-5-7-11-20(18)21/h4-11,13,15,22-23H,12,14H2,1-3H3,(H,26,28)(H,27,29)(H,30,31)/t22-,23-/m0/s1. The summed E-state index contributed by atoms with van der Waals surface area (Å²) >= 11 is 0. The molecule has 0 saturated carbocycles. The number of rotatable bonds is 8. The number of hydrogen-bond donors (Lipinski definition) is 3. The molecule has 6 nitrogen and oxygen atoms in total. The van der Waals surface area contributed by atoms with E-state index in [0.29, 0.717) is 6.42 Å². The van der Waals surface area contributed by atoms with Crippen molar-refractivity contribution < 1.29 is 19.5 Å². The number of hydrogen-bond acceptors (Lipinski definition) is 3. The Morgan fingerprint density at radius 1 is 0.871 bits per heavy atom. The smallest absolute Gasteiger partial charge is 0.326 e. The van der Waals surface area contributed by atoms with Gasteiger partial charge in [0.15, 0.2) is 0 Å². The molecule has 3 rings (SSSR count). The number of carboxylic acid groups (broad SMARTS) is 1. The zero-order valence-corrected chi connectivity index (χ0v) is 18.0. The number of nitrogens with one attached hydrogen (secondary N) is 2. The second-order valence-electron chi connectivity index (χ2n) is 8.28. The van der Waals surface area contributed by atoms with E-state index in [1.54, 1.807) is 0 Å². The highest BCUT2D eigenvalue weighted by molar-refractivity contribution is 6.02. The minimum atomic E-state index is -1.12. The van der Waals surface area contributed by atoms with Gasteiger partial charge in [0.2, 0.25) is 11.8 Å². The van der Waals surface area contributed by atoms with Gasteiger partial charge >= 0.3 is 5.97 Å². The van der Waals surface area contributed by atoms with Crippen LogP contribution < -0.4 is 10.6 Å². The Kier molecular flexibility index (Phi) is 6.90. The number of fused-ring (bicyclic) bond motifs is 2. The molecule has 3 aromatic rings. The van der Waals surface area contributed by atoms with Gasteiger partial charge in [-0.1, -0.05) is 62.4 Å². The average molecular weight is 421 g/mol. The van der Waals surface area contributed by atoms with Crippen molar-refractivity contribution in [3.63, 3.8) is 0 Å². The van der Waals surface area contributed by atoms with E-state index in [9.17, 15) is 19.5 Å². The third-order valence-electron chi connectivity index (χ3n) is 5.31. The Balaban J connectivity index is 1.96. The van der Waals surface area contributed by atoms with Crippen LogP contribution in [0.25, 0.3) is 21.5 Å². The van der Waals surface area contributed by atoms with Crippen LogP contribution >= 0.6 is 0 Å². The normalized spacial score (nSPS) is 13.2. The van der Waals surface area contributed by atoms with Gasteiger partial charge in [0, 0.05) is 13.3 Å². The minimum absolute atomic E-state index is 0.136. The first-order valence-corrected chi connectivity index (χ1v) is 10.5. The first kappa shape index (κ1) is 22.3. The largest absolute Gasteiger partial charge is 0.480 e. The molecule has 0 bridgehead atoms. The van der Waals surface area contributed by atoms with Gasteiger partial charge in [0.05, 0.1) is 0 Å². The van der Waals surface area contributed by atoms with Crippen LogP contribution in [0.5, 0.6) is 0 Å². The fourth-order valence-electron chi connectivity index (χ4n) is 3.95. The van der Waals surface area contributed by atoms with Crippen molar-refractivity contribution in [2.75, 3.05) is 0 Å². The van der Waals surface area contributed by atoms with E-state index >= 15 is 0 Å². The number of carboxylic acids is 1. The maximum Gasteiger partial charge on any atom is 0.326 e. The zero-order valence-electron chi connectivity index (χ0n) is 18.0. The van der Waals surface area contributed by atoms with Crippen molar-refractivity contribution in [2.24, 2.45) is 5.92 Å². The summed E-state index contributed by atoms with van der Waals surface area (Å²) in [6, 6.07) is 15.8. The van der Waals surface area contributed by atoms with E-state index in [2.05, 4.69) is 16.7 Å². The number of carbonyl (C=O) groups is 3. The molecule has 3 aromatic carbocycles. The van der Waals surface area contributed by atoms with E-state index in [1.807, 2.05) is 62.4 Å². The monoisotopic (exact) mass is 420 g/mol. The molecule has 0 aliphatic rings. The molecule has 2 amide bonds. The molecule has 0 radical (unpaired) electrons. The Morgan fingerprint density at radius 2 is 1.42 bits per heavy atom. The van der Waals surface area contributed by atoms with Crippen LogP contribution in [0, 0.1) is 5.92 Å². The van der Waals surface area contributed by atoms with Crippen LogP contribution in [0.15, 0.2) is 54.6 Å². The topological polar surface area (TPSA) is 95.5 Å². The van der Waals surface area contributed by atoms with Gasteiger partial charge in [-0.3, -0.25) is 9.59 Å². The molecule has 0 fully saturated rings. The maximum absolute atomic E-state index is 12.9. The van der Waals surface area contributed by atoms with Crippen molar-refractivity contribution in [2.45, 2.75) is 45.7 Å². The highest BCUT2D eigenvalue weighted by Gasteiger charge is 2.27. The maximum atomic E-state index is 12.9. The summed E-state index contributed by atoms with van der Waals surface area (Å²) in [6.45, 7) is 5.23. The molecule has 0 heterocycles. The summed E-state index contributed by atoms with van der Waals surface area (Å²) < 4.78 is 0. The molecule has 0 aliphatic heterocycles. The predicted molar refractivity (Wildman–Crippen MR) is 122 cm³/mol. The summed E-state index contributed by atoms with van der Waals surface area (Å²) in [5, 5.41) is 19.1. The number of carbonyl (C=O) groups excluding carboxylic acids is 2. The van der Waals surface area contributed by atoms with Gasteiger partial charge in [0.1, 0.15) is 12.1 Å². The van der Waals surface area contributed by atoms with Gasteiger partial charge in [0.25, 0.3) is 0 Å². The third kappa shape index (κ3) is 5.40. The Labute approximate surface area is 181 Å². The summed E-state index contributed by atoms with van der Waals surface area (Å²) in [5.41, 5.74) is 0.876. The summed E-state index contributed by atoms with van der Waals surface area (Å²) in [6.07, 6.45) is 0.562. The van der Waals surface area contributed by atoms with Crippen LogP contribution in [-0.4, -0.2) is 35.0 Å². The lowest BCUT2D eigenvalue weighted by molar-refractivity contribution is -0.142.